The van der Waals surface area contributed by atoms with Crippen molar-refractivity contribution in [3.63, 3.8) is 0 Å². The van der Waals surface area contributed by atoms with E-state index in [2.05, 4.69) is 11.2 Å². The second-order valence-electron chi connectivity index (χ2n) is 4.18. The molecule has 0 aromatic rings. The van der Waals surface area contributed by atoms with Crippen LogP contribution in [-0.2, 0) is 9.59 Å². The van der Waals surface area contributed by atoms with Crippen LogP contribution in [0.25, 0.3) is 0 Å². The minimum absolute atomic E-state index is 0.0326. The average Bonchev–Trinajstić information content (AvgIpc) is 2.37. The fourth-order valence-corrected chi connectivity index (χ4v) is 2.66. The lowest BCUT2D eigenvalue weighted by atomic mass is 10.0. The van der Waals surface area contributed by atoms with Crippen LogP contribution < -0.4 is 5.32 Å². The highest BCUT2D eigenvalue weighted by atomic mass is 32.2. The number of rotatable bonds is 6. The van der Waals surface area contributed by atoms with Crippen LogP contribution in [0.5, 0.6) is 0 Å². The Morgan fingerprint density at radius 3 is 2.67 bits per heavy atom. The van der Waals surface area contributed by atoms with Crippen molar-refractivity contribution < 1.29 is 9.59 Å². The maximum absolute atomic E-state index is 12.2. The van der Waals surface area contributed by atoms with Gasteiger partial charge in [-0.05, 0) is 12.8 Å². The van der Waals surface area contributed by atoms with Crippen LogP contribution in [-0.4, -0.2) is 46.8 Å². The van der Waals surface area contributed by atoms with E-state index in [0.717, 1.165) is 5.75 Å². The van der Waals surface area contributed by atoms with Gasteiger partial charge in [-0.3, -0.25) is 9.59 Å². The van der Waals surface area contributed by atoms with E-state index >= 15 is 0 Å². The summed E-state index contributed by atoms with van der Waals surface area (Å²) in [6, 6.07) is -0.690. The van der Waals surface area contributed by atoms with E-state index in [1.165, 1.54) is 0 Å². The highest BCUT2D eigenvalue weighted by Gasteiger charge is 2.38. The third kappa shape index (κ3) is 3.42. The number of carbonyl (C=O) groups excluding carboxylic acids is 2. The first-order chi connectivity index (χ1) is 8.65. The van der Waals surface area contributed by atoms with Crippen molar-refractivity contribution >= 4 is 23.6 Å². The summed E-state index contributed by atoms with van der Waals surface area (Å²) in [6.07, 6.45) is 6.46. The van der Waals surface area contributed by atoms with Crippen LogP contribution in [0.3, 0.4) is 0 Å². The predicted octanol–water partition coefficient (Wildman–Crippen LogP) is 0.868. The lowest BCUT2D eigenvalue weighted by Gasteiger charge is -2.38. The highest BCUT2D eigenvalue weighted by Crippen LogP contribution is 2.15. The molecule has 0 spiro atoms. The molecule has 0 aromatic heterocycles. The van der Waals surface area contributed by atoms with Gasteiger partial charge in [0.25, 0.3) is 0 Å². The van der Waals surface area contributed by atoms with Crippen molar-refractivity contribution in [2.45, 2.75) is 38.8 Å². The number of amides is 2. The summed E-state index contributed by atoms with van der Waals surface area (Å²) in [7, 11) is 0. The SMILES string of the molecule is C#CCSCCN1C(=O)C(CC)NC(=O)C1CC. The van der Waals surface area contributed by atoms with Gasteiger partial charge in [0.05, 0.1) is 5.75 Å². The fourth-order valence-electron chi connectivity index (χ4n) is 2.07. The van der Waals surface area contributed by atoms with Gasteiger partial charge < -0.3 is 10.2 Å². The van der Waals surface area contributed by atoms with E-state index in [1.54, 1.807) is 16.7 Å². The van der Waals surface area contributed by atoms with Crippen molar-refractivity contribution in [2.75, 3.05) is 18.1 Å². The summed E-state index contributed by atoms with van der Waals surface area (Å²) in [4.78, 5) is 25.8. The molecular weight excluding hydrogens is 248 g/mol. The predicted molar refractivity (Wildman–Crippen MR) is 74.2 cm³/mol. The summed E-state index contributed by atoms with van der Waals surface area (Å²) < 4.78 is 0. The van der Waals surface area contributed by atoms with E-state index in [-0.39, 0.29) is 23.9 Å². The minimum atomic E-state index is -0.363. The first-order valence-corrected chi connectivity index (χ1v) is 7.43. The number of piperazine rings is 1. The third-order valence-corrected chi connectivity index (χ3v) is 3.88. The number of carbonyl (C=O) groups is 2. The van der Waals surface area contributed by atoms with E-state index < -0.39 is 0 Å². The first-order valence-electron chi connectivity index (χ1n) is 6.27. The molecule has 18 heavy (non-hydrogen) atoms. The molecule has 0 radical (unpaired) electrons. The average molecular weight is 268 g/mol. The Kier molecular flexibility index (Phi) is 6.06. The molecule has 0 bridgehead atoms. The Balaban J connectivity index is 2.65. The third-order valence-electron chi connectivity index (χ3n) is 3.03. The molecule has 1 N–H and O–H groups in total. The minimum Gasteiger partial charge on any atom is -0.343 e. The van der Waals surface area contributed by atoms with Crippen molar-refractivity contribution in [3.05, 3.63) is 0 Å². The van der Waals surface area contributed by atoms with Gasteiger partial charge in [-0.15, -0.1) is 18.2 Å². The van der Waals surface area contributed by atoms with Gasteiger partial charge in [0.1, 0.15) is 12.1 Å². The zero-order valence-corrected chi connectivity index (χ0v) is 11.8. The zero-order chi connectivity index (χ0) is 13.5. The van der Waals surface area contributed by atoms with E-state index in [1.807, 2.05) is 13.8 Å². The number of nitrogens with one attached hydrogen (secondary N) is 1. The molecular formula is C13H20N2O2S. The van der Waals surface area contributed by atoms with Crippen molar-refractivity contribution in [2.24, 2.45) is 0 Å². The quantitative estimate of drug-likeness (QED) is 0.574. The summed E-state index contributed by atoms with van der Waals surface area (Å²) in [6.45, 7) is 4.42. The van der Waals surface area contributed by atoms with E-state index in [4.69, 9.17) is 6.42 Å². The van der Waals surface area contributed by atoms with Crippen LogP contribution >= 0.6 is 11.8 Å². The summed E-state index contributed by atoms with van der Waals surface area (Å²) >= 11 is 1.61. The smallest absolute Gasteiger partial charge is 0.245 e. The maximum atomic E-state index is 12.2. The van der Waals surface area contributed by atoms with Crippen LogP contribution in [0.15, 0.2) is 0 Å². The number of terminal acetylenes is 1. The molecule has 1 heterocycles. The molecule has 0 aromatic carbocycles. The Labute approximate surface area is 113 Å². The highest BCUT2D eigenvalue weighted by molar-refractivity contribution is 7.99. The Hall–Kier alpha value is -1.15. The zero-order valence-electron chi connectivity index (χ0n) is 10.9. The number of hydrogen-bond donors (Lipinski definition) is 1. The lowest BCUT2D eigenvalue weighted by molar-refractivity contribution is -0.149. The molecule has 1 aliphatic heterocycles. The molecule has 2 amide bonds. The molecule has 1 aliphatic rings. The Bertz CT molecular complexity index is 351. The number of nitrogens with zero attached hydrogens (tertiary/aromatic N) is 1. The van der Waals surface area contributed by atoms with Gasteiger partial charge in [-0.1, -0.05) is 19.8 Å². The molecule has 1 fully saturated rings. The maximum Gasteiger partial charge on any atom is 0.245 e. The molecule has 0 saturated carbocycles. The van der Waals surface area contributed by atoms with Gasteiger partial charge in [0.15, 0.2) is 0 Å². The summed E-state index contributed by atoms with van der Waals surface area (Å²) in [5, 5.41) is 2.78. The molecule has 5 heteroatoms. The van der Waals surface area contributed by atoms with Gasteiger partial charge in [-0.25, -0.2) is 0 Å². The molecule has 100 valence electrons. The Morgan fingerprint density at radius 2 is 2.11 bits per heavy atom. The second kappa shape index (κ2) is 7.32. The standard InChI is InChI=1S/C13H20N2O2S/c1-4-8-18-9-7-15-11(6-3)12(16)14-10(5-2)13(15)17/h1,10-11H,5-9H2,2-3H3,(H,14,16). The number of hydrogen-bond acceptors (Lipinski definition) is 3. The van der Waals surface area contributed by atoms with Crippen LogP contribution in [0.1, 0.15) is 26.7 Å². The molecule has 2 unspecified atom stereocenters. The van der Waals surface area contributed by atoms with Gasteiger partial charge in [0.2, 0.25) is 11.8 Å². The second-order valence-corrected chi connectivity index (χ2v) is 5.29. The van der Waals surface area contributed by atoms with E-state index in [0.29, 0.717) is 25.1 Å². The largest absolute Gasteiger partial charge is 0.343 e. The first kappa shape index (κ1) is 14.9. The normalized spacial score (nSPS) is 23.7. The van der Waals surface area contributed by atoms with Crippen molar-refractivity contribution in [1.82, 2.24) is 10.2 Å². The van der Waals surface area contributed by atoms with E-state index in [9.17, 15) is 9.59 Å². The van der Waals surface area contributed by atoms with Crippen molar-refractivity contribution in [1.29, 1.82) is 0 Å². The summed E-state index contributed by atoms with van der Waals surface area (Å²) in [5.74, 6) is 3.96. The number of thioether (sulfide) groups is 1. The molecule has 0 aliphatic carbocycles. The molecule has 2 atom stereocenters. The summed E-state index contributed by atoms with van der Waals surface area (Å²) in [5.41, 5.74) is 0. The monoisotopic (exact) mass is 268 g/mol. The van der Waals surface area contributed by atoms with Gasteiger partial charge >= 0.3 is 0 Å². The van der Waals surface area contributed by atoms with Crippen LogP contribution in [0.4, 0.5) is 0 Å². The van der Waals surface area contributed by atoms with Gasteiger partial charge in [-0.2, -0.15) is 0 Å². The van der Waals surface area contributed by atoms with Crippen molar-refractivity contribution in [3.8, 4) is 12.3 Å². The fraction of sp³-hybridized carbons (Fsp3) is 0.692. The molecule has 1 saturated heterocycles. The lowest BCUT2D eigenvalue weighted by Crippen LogP contribution is -2.63. The Morgan fingerprint density at radius 1 is 1.39 bits per heavy atom. The topological polar surface area (TPSA) is 49.4 Å². The molecule has 4 nitrogen and oxygen atoms in total. The van der Waals surface area contributed by atoms with Crippen LogP contribution in [0, 0.1) is 12.3 Å². The van der Waals surface area contributed by atoms with Crippen LogP contribution in [0.2, 0.25) is 0 Å². The van der Waals surface area contributed by atoms with Gasteiger partial charge in [0, 0.05) is 12.3 Å². The molecule has 1 rings (SSSR count).